The van der Waals surface area contributed by atoms with E-state index in [4.69, 9.17) is 14.2 Å². The predicted molar refractivity (Wildman–Crippen MR) is 335 cm³/mol. The molecule has 1 unspecified atom stereocenters. The fourth-order valence-corrected chi connectivity index (χ4v) is 9.74. The van der Waals surface area contributed by atoms with Gasteiger partial charge < -0.3 is 14.2 Å². The van der Waals surface area contributed by atoms with E-state index in [9.17, 15) is 14.4 Å². The summed E-state index contributed by atoms with van der Waals surface area (Å²) in [7, 11) is 0. The number of unbranched alkanes of at least 4 members (excludes halogenated alkanes) is 38. The van der Waals surface area contributed by atoms with E-state index in [1.54, 1.807) is 0 Å². The standard InChI is InChI=1S/C71H126O6/c1-4-7-10-13-16-19-22-25-28-31-34-36-38-40-43-46-49-52-55-58-61-64-70(73)76-67-68(66-75-69(72)63-60-57-54-51-48-45-42-39-33-30-27-24-21-18-15-12-9-6-3)77-71(74)65-62-59-56-53-50-47-44-41-37-35-32-29-26-23-20-17-14-11-8-5-2/h7,10,16,19,25,28,34,36,40,43,49,52,68H,4-6,8-9,11-15,17-18,20-24,26-27,29-33,35,37-39,41-42,44-48,50-51,53-67H2,1-3H3/b10-7-,19-16-,28-25-,36-34-,43-40-,52-49-. The van der Waals surface area contributed by atoms with E-state index in [1.165, 1.54) is 205 Å². The van der Waals surface area contributed by atoms with Gasteiger partial charge in [0.2, 0.25) is 0 Å². The molecule has 0 spiro atoms. The van der Waals surface area contributed by atoms with Gasteiger partial charge in [-0.15, -0.1) is 0 Å². The van der Waals surface area contributed by atoms with Crippen LogP contribution in [-0.4, -0.2) is 37.2 Å². The van der Waals surface area contributed by atoms with Crippen LogP contribution in [0.1, 0.15) is 342 Å². The van der Waals surface area contributed by atoms with Crippen molar-refractivity contribution in [2.75, 3.05) is 13.2 Å². The lowest BCUT2D eigenvalue weighted by molar-refractivity contribution is -0.167. The van der Waals surface area contributed by atoms with Crippen LogP contribution in [0.4, 0.5) is 0 Å². The van der Waals surface area contributed by atoms with Gasteiger partial charge in [-0.2, -0.15) is 0 Å². The van der Waals surface area contributed by atoms with Crippen molar-refractivity contribution in [1.29, 1.82) is 0 Å². The van der Waals surface area contributed by atoms with Gasteiger partial charge >= 0.3 is 17.9 Å². The topological polar surface area (TPSA) is 78.9 Å². The number of carbonyl (C=O) groups is 3. The summed E-state index contributed by atoms with van der Waals surface area (Å²) in [4.78, 5) is 38.4. The summed E-state index contributed by atoms with van der Waals surface area (Å²) >= 11 is 0. The number of carbonyl (C=O) groups excluding carboxylic acids is 3. The molecule has 0 rings (SSSR count). The molecule has 0 amide bonds. The second-order valence-electron chi connectivity index (χ2n) is 22.4. The van der Waals surface area contributed by atoms with E-state index in [0.29, 0.717) is 19.3 Å². The Morgan fingerprint density at radius 2 is 0.506 bits per heavy atom. The molecule has 0 heterocycles. The average Bonchev–Trinajstić information content (AvgIpc) is 3.43. The van der Waals surface area contributed by atoms with Crippen LogP contribution in [0, 0.1) is 0 Å². The van der Waals surface area contributed by atoms with Crippen molar-refractivity contribution < 1.29 is 28.6 Å². The molecule has 0 N–H and O–H groups in total. The van der Waals surface area contributed by atoms with Crippen molar-refractivity contribution in [3.8, 4) is 0 Å². The molecular weight excluding hydrogens is 949 g/mol. The molecule has 0 aliphatic rings. The highest BCUT2D eigenvalue weighted by Crippen LogP contribution is 2.18. The molecule has 0 aliphatic heterocycles. The first-order valence-corrected chi connectivity index (χ1v) is 33.4. The summed E-state index contributed by atoms with van der Waals surface area (Å²) in [5.41, 5.74) is 0. The molecule has 446 valence electrons. The van der Waals surface area contributed by atoms with Crippen molar-refractivity contribution in [2.45, 2.75) is 348 Å². The van der Waals surface area contributed by atoms with Gasteiger partial charge in [0.25, 0.3) is 0 Å². The molecule has 6 heteroatoms. The summed E-state index contributed by atoms with van der Waals surface area (Å²) < 4.78 is 16.9. The van der Waals surface area contributed by atoms with E-state index < -0.39 is 6.10 Å². The zero-order valence-corrected chi connectivity index (χ0v) is 51.2. The van der Waals surface area contributed by atoms with Crippen LogP contribution >= 0.6 is 0 Å². The van der Waals surface area contributed by atoms with Gasteiger partial charge in [0.15, 0.2) is 6.10 Å². The minimum absolute atomic E-state index is 0.0845. The maximum atomic E-state index is 12.9. The fraction of sp³-hybridized carbons (Fsp3) is 0.789. The Morgan fingerprint density at radius 3 is 0.792 bits per heavy atom. The Kier molecular flexibility index (Phi) is 62.7. The number of ether oxygens (including phenoxy) is 3. The normalized spacial score (nSPS) is 12.5. The molecule has 0 fully saturated rings. The molecule has 0 aliphatic carbocycles. The number of esters is 3. The largest absolute Gasteiger partial charge is 0.462 e. The highest BCUT2D eigenvalue weighted by atomic mass is 16.6. The molecule has 77 heavy (non-hydrogen) atoms. The minimum atomic E-state index is -0.792. The average molecular weight is 1080 g/mol. The third-order valence-corrected chi connectivity index (χ3v) is 14.7. The first-order valence-electron chi connectivity index (χ1n) is 33.4. The molecule has 0 aromatic rings. The van der Waals surface area contributed by atoms with Gasteiger partial charge in [-0.1, -0.05) is 325 Å². The summed E-state index contributed by atoms with van der Waals surface area (Å²) in [5.74, 6) is -0.908. The molecular formula is C71H126O6. The lowest BCUT2D eigenvalue weighted by Crippen LogP contribution is -2.30. The van der Waals surface area contributed by atoms with Gasteiger partial charge in [0.05, 0.1) is 0 Å². The number of allylic oxidation sites excluding steroid dienone is 12. The van der Waals surface area contributed by atoms with Crippen molar-refractivity contribution >= 4 is 17.9 Å². The number of hydrogen-bond donors (Lipinski definition) is 0. The van der Waals surface area contributed by atoms with Crippen LogP contribution in [0.3, 0.4) is 0 Å². The molecule has 0 saturated heterocycles. The molecule has 0 aromatic carbocycles. The van der Waals surface area contributed by atoms with E-state index in [2.05, 4.69) is 93.7 Å². The van der Waals surface area contributed by atoms with E-state index >= 15 is 0 Å². The Hall–Kier alpha value is -3.15. The molecule has 1 atom stereocenters. The van der Waals surface area contributed by atoms with E-state index in [0.717, 1.165) is 96.3 Å². The second kappa shape index (κ2) is 65.4. The Bertz CT molecular complexity index is 1420. The summed E-state index contributed by atoms with van der Waals surface area (Å²) in [6.07, 6.45) is 84.9. The van der Waals surface area contributed by atoms with Gasteiger partial charge in [-0.25, -0.2) is 0 Å². The molecule has 0 radical (unpaired) electrons. The van der Waals surface area contributed by atoms with Crippen LogP contribution in [0.15, 0.2) is 72.9 Å². The predicted octanol–water partition coefficient (Wildman–Crippen LogP) is 22.9. The first kappa shape index (κ1) is 73.8. The molecule has 0 aromatic heterocycles. The van der Waals surface area contributed by atoms with Gasteiger partial charge in [-0.05, 0) is 70.6 Å². The van der Waals surface area contributed by atoms with E-state index in [-0.39, 0.29) is 31.1 Å². The number of rotatable bonds is 61. The zero-order chi connectivity index (χ0) is 55.7. The molecule has 6 nitrogen and oxygen atoms in total. The van der Waals surface area contributed by atoms with Gasteiger partial charge in [-0.3, -0.25) is 14.4 Å². The third kappa shape index (κ3) is 63.6. The zero-order valence-electron chi connectivity index (χ0n) is 51.2. The Morgan fingerprint density at radius 1 is 0.273 bits per heavy atom. The van der Waals surface area contributed by atoms with Crippen molar-refractivity contribution in [1.82, 2.24) is 0 Å². The molecule has 0 saturated carbocycles. The monoisotopic (exact) mass is 1070 g/mol. The highest BCUT2D eigenvalue weighted by Gasteiger charge is 2.19. The van der Waals surface area contributed by atoms with Gasteiger partial charge in [0, 0.05) is 19.3 Å². The number of hydrogen-bond acceptors (Lipinski definition) is 6. The smallest absolute Gasteiger partial charge is 0.306 e. The van der Waals surface area contributed by atoms with Crippen LogP contribution < -0.4 is 0 Å². The quantitative estimate of drug-likeness (QED) is 0.0261. The Labute approximate surface area is 478 Å². The first-order chi connectivity index (χ1) is 38.0. The van der Waals surface area contributed by atoms with Crippen LogP contribution in [0.25, 0.3) is 0 Å². The Balaban J connectivity index is 4.41. The van der Waals surface area contributed by atoms with Gasteiger partial charge in [0.1, 0.15) is 13.2 Å². The van der Waals surface area contributed by atoms with Crippen molar-refractivity contribution in [2.24, 2.45) is 0 Å². The lowest BCUT2D eigenvalue weighted by atomic mass is 10.0. The van der Waals surface area contributed by atoms with Crippen LogP contribution in [0.2, 0.25) is 0 Å². The highest BCUT2D eigenvalue weighted by molar-refractivity contribution is 5.71. The summed E-state index contributed by atoms with van der Waals surface area (Å²) in [5, 5.41) is 0. The third-order valence-electron chi connectivity index (χ3n) is 14.7. The van der Waals surface area contributed by atoms with Crippen LogP contribution in [-0.2, 0) is 28.6 Å². The lowest BCUT2D eigenvalue weighted by Gasteiger charge is -2.18. The fourth-order valence-electron chi connectivity index (χ4n) is 9.74. The molecule has 0 bridgehead atoms. The van der Waals surface area contributed by atoms with E-state index in [1.807, 2.05) is 0 Å². The van der Waals surface area contributed by atoms with Crippen LogP contribution in [0.5, 0.6) is 0 Å². The second-order valence-corrected chi connectivity index (χ2v) is 22.4. The summed E-state index contributed by atoms with van der Waals surface area (Å²) in [6, 6.07) is 0. The maximum absolute atomic E-state index is 12.9. The minimum Gasteiger partial charge on any atom is -0.462 e. The summed E-state index contributed by atoms with van der Waals surface area (Å²) in [6.45, 7) is 6.55. The SMILES string of the molecule is CC/C=C\C/C=C\C/C=C\C/C=C\C/C=C\C/C=C\CCCCC(=O)OCC(COC(=O)CCCCCCCCCCCCCCCCCCCC)OC(=O)CCCCCCCCCCCCCCCCCCCCCC. The maximum Gasteiger partial charge on any atom is 0.306 e. The van der Waals surface area contributed by atoms with Crippen molar-refractivity contribution in [3.05, 3.63) is 72.9 Å². The van der Waals surface area contributed by atoms with Crippen molar-refractivity contribution in [3.63, 3.8) is 0 Å².